The normalized spacial score (nSPS) is 17.2. The first kappa shape index (κ1) is 23.0. The monoisotopic (exact) mass is 458 g/mol. The van der Waals surface area contributed by atoms with Crippen LogP contribution in [0.4, 0.5) is 14.5 Å². The van der Waals surface area contributed by atoms with Gasteiger partial charge in [0, 0.05) is 63.6 Å². The van der Waals surface area contributed by atoms with Gasteiger partial charge in [-0.05, 0) is 42.5 Å². The molecular formula is C24H28F2N4O3. The first-order chi connectivity index (χ1) is 15.9. The van der Waals surface area contributed by atoms with Crippen molar-refractivity contribution in [1.29, 1.82) is 0 Å². The summed E-state index contributed by atoms with van der Waals surface area (Å²) in [6, 6.07) is 11.1. The van der Waals surface area contributed by atoms with Crippen LogP contribution in [-0.2, 0) is 4.79 Å². The standard InChI is InChI=1S/C24H28F2N4O3/c1-33-20-5-3-19(4-6-20)28-12-14-29(15-13-28)23(31)17-27-8-10-30(11-9-27)24(32)18-2-7-21(25)22(26)16-18/h2-7,16H,8-15,17H2,1H3. The van der Waals surface area contributed by atoms with Crippen LogP contribution in [0.5, 0.6) is 5.75 Å². The van der Waals surface area contributed by atoms with Gasteiger partial charge in [-0.25, -0.2) is 8.78 Å². The third kappa shape index (κ3) is 5.42. The summed E-state index contributed by atoms with van der Waals surface area (Å²) in [6.45, 7) is 5.20. The van der Waals surface area contributed by atoms with Gasteiger partial charge in [-0.3, -0.25) is 14.5 Å². The van der Waals surface area contributed by atoms with Crippen LogP contribution >= 0.6 is 0 Å². The van der Waals surface area contributed by atoms with E-state index in [2.05, 4.69) is 4.90 Å². The lowest BCUT2D eigenvalue weighted by Gasteiger charge is -2.38. The van der Waals surface area contributed by atoms with Gasteiger partial charge in [0.05, 0.1) is 13.7 Å². The zero-order valence-corrected chi connectivity index (χ0v) is 18.7. The zero-order chi connectivity index (χ0) is 23.4. The largest absolute Gasteiger partial charge is 0.497 e. The minimum atomic E-state index is -1.03. The van der Waals surface area contributed by atoms with Gasteiger partial charge in [0.2, 0.25) is 5.91 Å². The van der Waals surface area contributed by atoms with E-state index in [0.717, 1.165) is 36.7 Å². The van der Waals surface area contributed by atoms with Gasteiger partial charge in [0.15, 0.2) is 11.6 Å². The lowest BCUT2D eigenvalue weighted by Crippen LogP contribution is -2.54. The predicted octanol–water partition coefficient (Wildman–Crippen LogP) is 2.08. The zero-order valence-electron chi connectivity index (χ0n) is 18.7. The summed E-state index contributed by atoms with van der Waals surface area (Å²) in [5, 5.41) is 0. The molecule has 0 aromatic heterocycles. The van der Waals surface area contributed by atoms with E-state index in [4.69, 9.17) is 4.74 Å². The minimum Gasteiger partial charge on any atom is -0.497 e. The smallest absolute Gasteiger partial charge is 0.254 e. The number of amides is 2. The molecule has 4 rings (SSSR count). The Bertz CT molecular complexity index is 986. The number of carbonyl (C=O) groups is 2. The maximum absolute atomic E-state index is 13.4. The number of piperazine rings is 2. The number of nitrogens with zero attached hydrogens (tertiary/aromatic N) is 4. The van der Waals surface area contributed by atoms with E-state index in [9.17, 15) is 18.4 Å². The molecule has 2 aromatic carbocycles. The highest BCUT2D eigenvalue weighted by Gasteiger charge is 2.27. The summed E-state index contributed by atoms with van der Waals surface area (Å²) in [7, 11) is 1.64. The number of hydrogen-bond acceptors (Lipinski definition) is 5. The summed E-state index contributed by atoms with van der Waals surface area (Å²) in [5.74, 6) is -1.42. The highest BCUT2D eigenvalue weighted by Crippen LogP contribution is 2.20. The molecule has 9 heteroatoms. The van der Waals surface area contributed by atoms with E-state index in [0.29, 0.717) is 45.8 Å². The molecule has 0 bridgehead atoms. The fourth-order valence-corrected chi connectivity index (χ4v) is 4.22. The Morgan fingerprint density at radius 2 is 1.45 bits per heavy atom. The molecule has 0 atom stereocenters. The topological polar surface area (TPSA) is 56.3 Å². The molecule has 2 heterocycles. The Balaban J connectivity index is 1.22. The third-order valence-electron chi connectivity index (χ3n) is 6.25. The van der Waals surface area contributed by atoms with Crippen LogP contribution < -0.4 is 9.64 Å². The van der Waals surface area contributed by atoms with Crippen molar-refractivity contribution in [3.05, 3.63) is 59.7 Å². The van der Waals surface area contributed by atoms with Crippen molar-refractivity contribution in [3.8, 4) is 5.75 Å². The fraction of sp³-hybridized carbons (Fsp3) is 0.417. The number of halogens is 2. The van der Waals surface area contributed by atoms with E-state index in [1.807, 2.05) is 34.1 Å². The molecule has 0 spiro atoms. The predicted molar refractivity (Wildman–Crippen MR) is 120 cm³/mol. The molecular weight excluding hydrogens is 430 g/mol. The van der Waals surface area contributed by atoms with Crippen molar-refractivity contribution in [2.75, 3.05) is 70.9 Å². The van der Waals surface area contributed by atoms with Crippen molar-refractivity contribution >= 4 is 17.5 Å². The van der Waals surface area contributed by atoms with Gasteiger partial charge < -0.3 is 19.4 Å². The second-order valence-corrected chi connectivity index (χ2v) is 8.26. The molecule has 0 aliphatic carbocycles. The first-order valence-corrected chi connectivity index (χ1v) is 11.1. The van der Waals surface area contributed by atoms with Crippen LogP contribution in [0.15, 0.2) is 42.5 Å². The minimum absolute atomic E-state index is 0.0877. The average molecular weight is 459 g/mol. The summed E-state index contributed by atoms with van der Waals surface area (Å²) in [5.41, 5.74) is 1.25. The van der Waals surface area contributed by atoms with Gasteiger partial charge in [-0.1, -0.05) is 0 Å². The Morgan fingerprint density at radius 1 is 0.818 bits per heavy atom. The Hall–Kier alpha value is -3.20. The summed E-state index contributed by atoms with van der Waals surface area (Å²) < 4.78 is 31.8. The van der Waals surface area contributed by atoms with Crippen molar-refractivity contribution in [2.24, 2.45) is 0 Å². The molecule has 33 heavy (non-hydrogen) atoms. The van der Waals surface area contributed by atoms with Gasteiger partial charge in [0.25, 0.3) is 5.91 Å². The number of hydrogen-bond donors (Lipinski definition) is 0. The summed E-state index contributed by atoms with van der Waals surface area (Å²) in [4.78, 5) is 33.1. The molecule has 2 aromatic rings. The molecule has 2 aliphatic heterocycles. The number of rotatable bonds is 5. The van der Waals surface area contributed by atoms with E-state index in [1.165, 1.54) is 6.07 Å². The molecule has 0 unspecified atom stereocenters. The van der Waals surface area contributed by atoms with Crippen LogP contribution in [0, 0.1) is 11.6 Å². The quantitative estimate of drug-likeness (QED) is 0.687. The third-order valence-corrected chi connectivity index (χ3v) is 6.25. The summed E-state index contributed by atoms with van der Waals surface area (Å²) in [6.07, 6.45) is 0. The Morgan fingerprint density at radius 3 is 2.06 bits per heavy atom. The number of benzene rings is 2. The first-order valence-electron chi connectivity index (χ1n) is 11.1. The van der Waals surface area contributed by atoms with Crippen LogP contribution in [0.25, 0.3) is 0 Å². The van der Waals surface area contributed by atoms with E-state index in [-0.39, 0.29) is 17.4 Å². The summed E-state index contributed by atoms with van der Waals surface area (Å²) >= 11 is 0. The van der Waals surface area contributed by atoms with Crippen molar-refractivity contribution in [2.45, 2.75) is 0 Å². The van der Waals surface area contributed by atoms with Gasteiger partial charge in [-0.2, -0.15) is 0 Å². The van der Waals surface area contributed by atoms with Crippen LogP contribution in [-0.4, -0.2) is 92.5 Å². The maximum atomic E-state index is 13.4. The molecule has 2 fully saturated rings. The van der Waals surface area contributed by atoms with Crippen LogP contribution in [0.3, 0.4) is 0 Å². The van der Waals surface area contributed by atoms with Gasteiger partial charge >= 0.3 is 0 Å². The lowest BCUT2D eigenvalue weighted by atomic mass is 10.1. The molecule has 0 radical (unpaired) electrons. The SMILES string of the molecule is COc1ccc(N2CCN(C(=O)CN3CCN(C(=O)c4ccc(F)c(F)c4)CC3)CC2)cc1. The average Bonchev–Trinajstić information content (AvgIpc) is 2.86. The molecule has 0 saturated carbocycles. The number of anilines is 1. The fourth-order valence-electron chi connectivity index (χ4n) is 4.22. The molecule has 7 nitrogen and oxygen atoms in total. The van der Waals surface area contributed by atoms with Crippen molar-refractivity contribution < 1.29 is 23.1 Å². The Kier molecular flexibility index (Phi) is 7.08. The number of ether oxygens (including phenoxy) is 1. The van der Waals surface area contributed by atoms with Gasteiger partial charge in [-0.15, -0.1) is 0 Å². The van der Waals surface area contributed by atoms with Crippen LogP contribution in [0.2, 0.25) is 0 Å². The van der Waals surface area contributed by atoms with Crippen molar-refractivity contribution in [3.63, 3.8) is 0 Å². The van der Waals surface area contributed by atoms with E-state index < -0.39 is 11.6 Å². The molecule has 2 amide bonds. The second kappa shape index (κ2) is 10.2. The van der Waals surface area contributed by atoms with Crippen LogP contribution in [0.1, 0.15) is 10.4 Å². The Labute approximate surface area is 192 Å². The molecule has 176 valence electrons. The van der Waals surface area contributed by atoms with Gasteiger partial charge in [0.1, 0.15) is 5.75 Å². The maximum Gasteiger partial charge on any atom is 0.254 e. The highest BCUT2D eigenvalue weighted by atomic mass is 19.2. The number of carbonyl (C=O) groups excluding carboxylic acids is 2. The highest BCUT2D eigenvalue weighted by molar-refractivity contribution is 5.94. The van der Waals surface area contributed by atoms with E-state index in [1.54, 1.807) is 12.0 Å². The number of methoxy groups -OCH3 is 1. The van der Waals surface area contributed by atoms with Crippen molar-refractivity contribution in [1.82, 2.24) is 14.7 Å². The molecule has 2 saturated heterocycles. The molecule has 2 aliphatic rings. The molecule has 0 N–H and O–H groups in total. The second-order valence-electron chi connectivity index (χ2n) is 8.26. The van der Waals surface area contributed by atoms with E-state index >= 15 is 0 Å². The lowest BCUT2D eigenvalue weighted by molar-refractivity contribution is -0.133.